The number of fused-ring (bicyclic) bond motifs is 13. The van der Waals surface area contributed by atoms with Crippen molar-refractivity contribution in [1.29, 1.82) is 0 Å². The zero-order chi connectivity index (χ0) is 52.4. The quantitative estimate of drug-likeness (QED) is 0.128. The lowest BCUT2D eigenvalue weighted by molar-refractivity contribution is 0.590. The highest BCUT2D eigenvalue weighted by Crippen LogP contribution is 2.51. The van der Waals surface area contributed by atoms with E-state index in [1.807, 2.05) is 0 Å². The van der Waals surface area contributed by atoms with Crippen molar-refractivity contribution in [2.75, 3.05) is 9.80 Å². The number of aryl methyl sites for hydroxylation is 2. The van der Waals surface area contributed by atoms with E-state index in [4.69, 9.17) is 8.83 Å². The van der Waals surface area contributed by atoms with Gasteiger partial charge in [-0.25, -0.2) is 0 Å². The number of benzene rings is 10. The first kappa shape index (κ1) is 46.6. The Balaban J connectivity index is 1.08. The molecular weight excluding hydrogens is 950 g/mol. The normalized spacial score (nSPS) is 13.2. The first-order valence-electron chi connectivity index (χ1n) is 28.2. The van der Waals surface area contributed by atoms with Gasteiger partial charge in [0.05, 0.1) is 22.4 Å². The van der Waals surface area contributed by atoms with Crippen LogP contribution in [0.5, 0.6) is 0 Å². The van der Waals surface area contributed by atoms with Crippen LogP contribution >= 0.6 is 0 Å². The minimum absolute atomic E-state index is 0.111. The molecule has 0 fully saturated rings. The summed E-state index contributed by atoms with van der Waals surface area (Å²) in [6, 6.07) is 74.9. The molecule has 0 aliphatic carbocycles. The standard InChI is InChI=1S/C72H60BN3O2/c1-6-8-23-55-61(39-35-53-51-27-15-19-31-67(51)77-70(53)55)75-63-38-33-46(45-21-11-10-12-22-45)41-58(63)73-57-37-34-48(74-59-29-17-13-25-49(59)50-26-14-18-30-60(50)74)44-64(57)76(66-43-47(72(3,4)5)42-65(75)69(66)73)62-40-36-54-52-28-16-20-32-68(52)78-71(54)56(62)24-9-7-2/h10-22,25-44H,6-9,23-24H2,1-5H3. The molecule has 0 saturated heterocycles. The van der Waals surface area contributed by atoms with Crippen molar-refractivity contribution >= 4 is 123 Å². The molecule has 2 aliphatic rings. The Labute approximate surface area is 456 Å². The second-order valence-corrected chi connectivity index (χ2v) is 22.8. The molecule has 5 nitrogen and oxygen atoms in total. The van der Waals surface area contributed by atoms with Crippen LogP contribution in [0.1, 0.15) is 77.0 Å². The zero-order valence-corrected chi connectivity index (χ0v) is 45.0. The Morgan fingerprint density at radius 3 is 1.49 bits per heavy atom. The summed E-state index contributed by atoms with van der Waals surface area (Å²) in [5, 5.41) is 7.13. The lowest BCUT2D eigenvalue weighted by Crippen LogP contribution is -2.61. The highest BCUT2D eigenvalue weighted by atomic mass is 16.3. The molecule has 0 amide bonds. The van der Waals surface area contributed by atoms with Crippen molar-refractivity contribution in [2.24, 2.45) is 0 Å². The molecule has 378 valence electrons. The second-order valence-electron chi connectivity index (χ2n) is 22.8. The number of para-hydroxylation sites is 4. The predicted molar refractivity (Wildman–Crippen MR) is 331 cm³/mol. The Morgan fingerprint density at radius 2 is 0.923 bits per heavy atom. The van der Waals surface area contributed by atoms with Crippen molar-refractivity contribution in [3.63, 3.8) is 0 Å². The number of aromatic nitrogens is 1. The summed E-state index contributed by atoms with van der Waals surface area (Å²) in [4.78, 5) is 5.28. The smallest absolute Gasteiger partial charge is 0.252 e. The molecule has 0 bridgehead atoms. The van der Waals surface area contributed by atoms with Crippen molar-refractivity contribution in [3.8, 4) is 16.8 Å². The lowest BCUT2D eigenvalue weighted by Gasteiger charge is -2.46. The zero-order valence-electron chi connectivity index (χ0n) is 45.0. The number of rotatable bonds is 10. The van der Waals surface area contributed by atoms with Crippen LogP contribution in [0.2, 0.25) is 0 Å². The van der Waals surface area contributed by atoms with E-state index in [-0.39, 0.29) is 12.1 Å². The third-order valence-electron chi connectivity index (χ3n) is 17.2. The van der Waals surface area contributed by atoms with Gasteiger partial charge in [0.2, 0.25) is 0 Å². The van der Waals surface area contributed by atoms with E-state index in [1.165, 1.54) is 99.8 Å². The Hall–Kier alpha value is -8.74. The maximum atomic E-state index is 7.05. The van der Waals surface area contributed by atoms with Crippen molar-refractivity contribution in [2.45, 2.75) is 78.6 Å². The molecule has 15 rings (SSSR count). The van der Waals surface area contributed by atoms with Crippen LogP contribution in [0.3, 0.4) is 0 Å². The summed E-state index contributed by atoms with van der Waals surface area (Å²) in [5.74, 6) is 0. The van der Waals surface area contributed by atoms with E-state index in [9.17, 15) is 0 Å². The van der Waals surface area contributed by atoms with Crippen molar-refractivity contribution in [3.05, 3.63) is 217 Å². The first-order chi connectivity index (χ1) is 38.3. The minimum Gasteiger partial charge on any atom is -0.456 e. The van der Waals surface area contributed by atoms with Gasteiger partial charge < -0.3 is 23.2 Å². The van der Waals surface area contributed by atoms with Gasteiger partial charge in [0, 0.05) is 71.9 Å². The van der Waals surface area contributed by atoms with Crippen LogP contribution in [-0.2, 0) is 18.3 Å². The van der Waals surface area contributed by atoms with Crippen molar-refractivity contribution < 1.29 is 8.83 Å². The Kier molecular flexibility index (Phi) is 10.7. The molecule has 5 heterocycles. The van der Waals surface area contributed by atoms with Gasteiger partial charge in [-0.15, -0.1) is 0 Å². The molecular formula is C72H60BN3O2. The van der Waals surface area contributed by atoms with Gasteiger partial charge in [-0.1, -0.05) is 169 Å². The average molecular weight is 1010 g/mol. The Bertz CT molecular complexity index is 4500. The highest BCUT2D eigenvalue weighted by Gasteiger charge is 2.45. The summed E-state index contributed by atoms with van der Waals surface area (Å²) in [6.45, 7) is 11.6. The van der Waals surface area contributed by atoms with E-state index >= 15 is 0 Å². The topological polar surface area (TPSA) is 37.7 Å². The van der Waals surface area contributed by atoms with Gasteiger partial charge in [0.1, 0.15) is 22.3 Å². The number of hydrogen-bond acceptors (Lipinski definition) is 4. The van der Waals surface area contributed by atoms with Gasteiger partial charge in [-0.05, 0) is 143 Å². The predicted octanol–water partition coefficient (Wildman–Crippen LogP) is 18.3. The van der Waals surface area contributed by atoms with Crippen LogP contribution in [0.25, 0.3) is 82.5 Å². The maximum absolute atomic E-state index is 7.05. The van der Waals surface area contributed by atoms with Gasteiger partial charge in [-0.2, -0.15) is 0 Å². The summed E-state index contributed by atoms with van der Waals surface area (Å²) < 4.78 is 16.5. The van der Waals surface area contributed by atoms with E-state index < -0.39 is 0 Å². The summed E-state index contributed by atoms with van der Waals surface area (Å²) in [6.07, 6.45) is 5.97. The average Bonchev–Trinajstić information content (AvgIpc) is 4.20. The SMILES string of the molecule is CCCCc1c(N2c3ccc(-c4ccccc4)cc3B3c4ccc(-n5c6ccccc6c6ccccc65)cc4N(c4ccc5c(oc6ccccc65)c4CCCC)c4cc(C(C)(C)C)cc2c43)ccc2c1oc1ccccc12. The molecule has 6 heteroatoms. The van der Waals surface area contributed by atoms with Crippen LogP contribution in [0.15, 0.2) is 209 Å². The summed E-state index contributed by atoms with van der Waals surface area (Å²) in [7, 11) is 0. The fraction of sp³-hybridized carbons (Fsp3) is 0.167. The lowest BCUT2D eigenvalue weighted by atomic mass is 9.33. The van der Waals surface area contributed by atoms with Gasteiger partial charge in [0.25, 0.3) is 6.71 Å². The van der Waals surface area contributed by atoms with Crippen LogP contribution in [0, 0.1) is 0 Å². The number of anilines is 6. The monoisotopic (exact) mass is 1010 g/mol. The molecule has 10 aromatic carbocycles. The van der Waals surface area contributed by atoms with Crippen LogP contribution in [-0.4, -0.2) is 11.3 Å². The number of unbranched alkanes of at least 4 members (excludes halogenated alkanes) is 2. The van der Waals surface area contributed by atoms with Gasteiger partial charge in [-0.3, -0.25) is 0 Å². The van der Waals surface area contributed by atoms with Crippen molar-refractivity contribution in [1.82, 2.24) is 4.57 Å². The molecule has 0 atom stereocenters. The Morgan fingerprint density at radius 1 is 0.410 bits per heavy atom. The van der Waals surface area contributed by atoms with E-state index in [0.717, 1.165) is 88.4 Å². The largest absolute Gasteiger partial charge is 0.456 e. The molecule has 0 radical (unpaired) electrons. The van der Waals surface area contributed by atoms with E-state index in [1.54, 1.807) is 0 Å². The highest BCUT2D eigenvalue weighted by molar-refractivity contribution is 7.00. The summed E-state index contributed by atoms with van der Waals surface area (Å²) >= 11 is 0. The third-order valence-corrected chi connectivity index (χ3v) is 17.2. The number of nitrogens with zero attached hydrogens (tertiary/aromatic N) is 3. The van der Waals surface area contributed by atoms with Gasteiger partial charge in [0.15, 0.2) is 0 Å². The molecule has 13 aromatic rings. The number of furan rings is 2. The van der Waals surface area contributed by atoms with Gasteiger partial charge >= 0.3 is 0 Å². The second kappa shape index (κ2) is 17.9. The molecule has 0 unspecified atom stereocenters. The third kappa shape index (κ3) is 7.01. The molecule has 0 N–H and O–H groups in total. The molecule has 0 spiro atoms. The van der Waals surface area contributed by atoms with E-state index in [2.05, 4.69) is 249 Å². The molecule has 2 aliphatic heterocycles. The van der Waals surface area contributed by atoms with Crippen LogP contribution in [0.4, 0.5) is 34.1 Å². The molecule has 78 heavy (non-hydrogen) atoms. The van der Waals surface area contributed by atoms with Crippen LogP contribution < -0.4 is 26.2 Å². The minimum atomic E-state index is -0.206. The van der Waals surface area contributed by atoms with E-state index in [0.29, 0.717) is 0 Å². The number of hydrogen-bond donors (Lipinski definition) is 0. The fourth-order valence-corrected chi connectivity index (χ4v) is 13.4. The molecule has 0 saturated carbocycles. The molecule has 3 aromatic heterocycles. The summed E-state index contributed by atoms with van der Waals surface area (Å²) in [5.41, 5.74) is 24.2. The first-order valence-corrected chi connectivity index (χ1v) is 28.2. The fourth-order valence-electron chi connectivity index (χ4n) is 13.4. The maximum Gasteiger partial charge on any atom is 0.252 e.